The largest absolute Gasteiger partial charge is 0.385 e. The number of nitrogens with zero attached hydrogens (tertiary/aromatic N) is 1. The van der Waals surface area contributed by atoms with Crippen molar-refractivity contribution in [3.05, 3.63) is 0 Å². The van der Waals surface area contributed by atoms with Gasteiger partial charge in [-0.1, -0.05) is 20.8 Å². The van der Waals surface area contributed by atoms with Crippen molar-refractivity contribution >= 4 is 0 Å². The first kappa shape index (κ1) is 15.9. The molecule has 1 aliphatic rings. The van der Waals surface area contributed by atoms with E-state index in [-0.39, 0.29) is 0 Å². The van der Waals surface area contributed by atoms with Crippen molar-refractivity contribution in [3.63, 3.8) is 0 Å². The van der Waals surface area contributed by atoms with E-state index in [0.717, 1.165) is 13.2 Å². The molecule has 0 bridgehead atoms. The van der Waals surface area contributed by atoms with Crippen molar-refractivity contribution in [2.75, 3.05) is 33.4 Å². The van der Waals surface area contributed by atoms with E-state index in [2.05, 4.69) is 31.0 Å². The first-order valence-corrected chi connectivity index (χ1v) is 7.69. The maximum atomic E-state index is 5.15. The minimum Gasteiger partial charge on any atom is -0.385 e. The predicted octanol–water partition coefficient (Wildman–Crippen LogP) is 2.66. The lowest BCUT2D eigenvalue weighted by Crippen LogP contribution is -2.64. The summed E-state index contributed by atoms with van der Waals surface area (Å²) in [5, 5.41) is 3.73. The van der Waals surface area contributed by atoms with Crippen molar-refractivity contribution in [3.8, 4) is 0 Å². The average molecular weight is 256 g/mol. The molecule has 0 aromatic carbocycles. The normalized spacial score (nSPS) is 24.3. The second-order valence-corrected chi connectivity index (χ2v) is 5.56. The Morgan fingerprint density at radius 1 is 1.22 bits per heavy atom. The third-order valence-corrected chi connectivity index (χ3v) is 4.67. The zero-order chi connectivity index (χ0) is 13.4. The second kappa shape index (κ2) is 8.13. The molecule has 1 fully saturated rings. The van der Waals surface area contributed by atoms with E-state index in [4.69, 9.17) is 4.74 Å². The number of methoxy groups -OCH3 is 1. The molecular formula is C15H32N2O. The maximum Gasteiger partial charge on any atom is 0.0462 e. The van der Waals surface area contributed by atoms with E-state index in [1.807, 2.05) is 0 Å². The summed E-state index contributed by atoms with van der Waals surface area (Å²) in [5.41, 5.74) is 0.388. The van der Waals surface area contributed by atoms with E-state index in [0.29, 0.717) is 11.6 Å². The molecule has 1 atom stereocenters. The van der Waals surface area contributed by atoms with Crippen LogP contribution in [0.1, 0.15) is 52.9 Å². The van der Waals surface area contributed by atoms with Crippen LogP contribution in [0.5, 0.6) is 0 Å². The zero-order valence-corrected chi connectivity index (χ0v) is 12.8. The van der Waals surface area contributed by atoms with Gasteiger partial charge in [-0.15, -0.1) is 0 Å². The molecule has 0 aromatic heterocycles. The third kappa shape index (κ3) is 3.94. The van der Waals surface area contributed by atoms with Gasteiger partial charge in [-0.05, 0) is 38.6 Å². The fourth-order valence-electron chi connectivity index (χ4n) is 3.07. The third-order valence-electron chi connectivity index (χ3n) is 4.67. The summed E-state index contributed by atoms with van der Waals surface area (Å²) in [7, 11) is 1.79. The molecular weight excluding hydrogens is 224 g/mol. The van der Waals surface area contributed by atoms with E-state index in [1.54, 1.807) is 7.11 Å². The highest BCUT2D eigenvalue weighted by Crippen LogP contribution is 2.27. The van der Waals surface area contributed by atoms with Crippen molar-refractivity contribution in [1.82, 2.24) is 10.2 Å². The summed E-state index contributed by atoms with van der Waals surface area (Å²) in [4.78, 5) is 2.74. The van der Waals surface area contributed by atoms with Crippen LogP contribution in [-0.2, 0) is 4.74 Å². The Labute approximate surface area is 113 Å². The van der Waals surface area contributed by atoms with Gasteiger partial charge in [-0.25, -0.2) is 0 Å². The van der Waals surface area contributed by atoms with Crippen molar-refractivity contribution in [1.29, 1.82) is 0 Å². The van der Waals surface area contributed by atoms with Crippen LogP contribution in [0.25, 0.3) is 0 Å². The first-order chi connectivity index (χ1) is 8.72. The molecule has 1 N–H and O–H groups in total. The Kier molecular flexibility index (Phi) is 7.20. The number of ether oxygens (including phenoxy) is 1. The van der Waals surface area contributed by atoms with Crippen LogP contribution in [0.2, 0.25) is 0 Å². The molecule has 0 spiro atoms. The van der Waals surface area contributed by atoms with E-state index < -0.39 is 0 Å². The summed E-state index contributed by atoms with van der Waals surface area (Å²) in [5.74, 6) is 0. The zero-order valence-electron chi connectivity index (χ0n) is 12.8. The van der Waals surface area contributed by atoms with Crippen molar-refractivity contribution in [2.24, 2.45) is 0 Å². The molecule has 1 unspecified atom stereocenters. The summed E-state index contributed by atoms with van der Waals surface area (Å²) in [6, 6.07) is 0.679. The number of nitrogens with one attached hydrogen (secondary N) is 1. The first-order valence-electron chi connectivity index (χ1n) is 7.69. The molecule has 0 aliphatic carbocycles. The van der Waals surface area contributed by atoms with Gasteiger partial charge in [0.05, 0.1) is 0 Å². The quantitative estimate of drug-likeness (QED) is 0.676. The summed E-state index contributed by atoms with van der Waals surface area (Å²) < 4.78 is 5.15. The molecule has 1 rings (SSSR count). The lowest BCUT2D eigenvalue weighted by Gasteiger charge is -2.50. The molecule has 3 heteroatoms. The standard InChI is InChI=1S/C15H32N2O/c1-5-14-12-17(10-8-9-11-18-4)15(6-2,7-3)13-16-14/h14,16H,5-13H2,1-4H3. The number of hydrogen-bond acceptors (Lipinski definition) is 3. The summed E-state index contributed by atoms with van der Waals surface area (Å²) in [6.45, 7) is 11.4. The molecule has 0 amide bonds. The SMILES string of the molecule is CCC1CN(CCCCOC)C(CC)(CC)CN1. The van der Waals surface area contributed by atoms with Gasteiger partial charge in [0.2, 0.25) is 0 Å². The monoisotopic (exact) mass is 256 g/mol. The lowest BCUT2D eigenvalue weighted by molar-refractivity contribution is 0.0280. The number of rotatable bonds is 8. The van der Waals surface area contributed by atoms with E-state index in [9.17, 15) is 0 Å². The lowest BCUT2D eigenvalue weighted by atomic mass is 9.86. The minimum absolute atomic E-state index is 0.388. The molecule has 108 valence electrons. The van der Waals surface area contributed by atoms with Gasteiger partial charge in [-0.2, -0.15) is 0 Å². The Morgan fingerprint density at radius 2 is 1.94 bits per heavy atom. The van der Waals surface area contributed by atoms with Gasteiger partial charge in [0.25, 0.3) is 0 Å². The molecule has 3 nitrogen and oxygen atoms in total. The summed E-state index contributed by atoms with van der Waals surface area (Å²) in [6.07, 6.45) is 6.17. The Hall–Kier alpha value is -0.120. The smallest absolute Gasteiger partial charge is 0.0462 e. The Bertz CT molecular complexity index is 217. The van der Waals surface area contributed by atoms with Crippen LogP contribution in [-0.4, -0.2) is 49.8 Å². The van der Waals surface area contributed by atoms with Crippen LogP contribution < -0.4 is 5.32 Å². The summed E-state index contributed by atoms with van der Waals surface area (Å²) >= 11 is 0. The fourth-order valence-corrected chi connectivity index (χ4v) is 3.07. The Morgan fingerprint density at radius 3 is 2.50 bits per heavy atom. The number of unbranched alkanes of at least 4 members (excludes halogenated alkanes) is 1. The highest BCUT2D eigenvalue weighted by molar-refractivity contribution is 4.97. The molecule has 0 radical (unpaired) electrons. The number of hydrogen-bond donors (Lipinski definition) is 1. The predicted molar refractivity (Wildman–Crippen MR) is 78.1 cm³/mol. The van der Waals surface area contributed by atoms with Gasteiger partial charge in [0.1, 0.15) is 0 Å². The van der Waals surface area contributed by atoms with Crippen molar-refractivity contribution in [2.45, 2.75) is 64.5 Å². The molecule has 1 saturated heterocycles. The minimum atomic E-state index is 0.388. The number of piperazine rings is 1. The van der Waals surface area contributed by atoms with Crippen LogP contribution >= 0.6 is 0 Å². The van der Waals surface area contributed by atoms with Crippen LogP contribution in [0.15, 0.2) is 0 Å². The Balaban J connectivity index is 2.53. The van der Waals surface area contributed by atoms with Crippen molar-refractivity contribution < 1.29 is 4.74 Å². The molecule has 18 heavy (non-hydrogen) atoms. The molecule has 0 aromatic rings. The van der Waals surface area contributed by atoms with Crippen LogP contribution in [0.3, 0.4) is 0 Å². The molecule has 1 heterocycles. The van der Waals surface area contributed by atoms with Gasteiger partial charge >= 0.3 is 0 Å². The van der Waals surface area contributed by atoms with Crippen LogP contribution in [0.4, 0.5) is 0 Å². The highest BCUT2D eigenvalue weighted by atomic mass is 16.5. The van der Waals surface area contributed by atoms with Crippen LogP contribution in [0, 0.1) is 0 Å². The molecule has 1 aliphatic heterocycles. The molecule has 0 saturated carbocycles. The van der Waals surface area contributed by atoms with E-state index >= 15 is 0 Å². The fraction of sp³-hybridized carbons (Fsp3) is 1.00. The van der Waals surface area contributed by atoms with Gasteiger partial charge in [-0.3, -0.25) is 4.90 Å². The highest BCUT2D eigenvalue weighted by Gasteiger charge is 2.37. The second-order valence-electron chi connectivity index (χ2n) is 5.56. The van der Waals surface area contributed by atoms with Gasteiger partial charge in [0.15, 0.2) is 0 Å². The maximum absolute atomic E-state index is 5.15. The average Bonchev–Trinajstić information content (AvgIpc) is 2.43. The van der Waals surface area contributed by atoms with Gasteiger partial charge < -0.3 is 10.1 Å². The topological polar surface area (TPSA) is 24.5 Å². The van der Waals surface area contributed by atoms with E-state index in [1.165, 1.54) is 45.2 Å². The van der Waals surface area contributed by atoms with Gasteiger partial charge in [0, 0.05) is 38.4 Å².